The smallest absolute Gasteiger partial charge is 0.0813 e. The van der Waals surface area contributed by atoms with Crippen molar-refractivity contribution < 1.29 is 9.47 Å². The predicted octanol–water partition coefficient (Wildman–Crippen LogP) is 1.84. The molecule has 0 aromatic carbocycles. The first-order valence-electron chi connectivity index (χ1n) is 6.26. The van der Waals surface area contributed by atoms with Gasteiger partial charge in [-0.15, -0.1) is 0 Å². The fourth-order valence-electron chi connectivity index (χ4n) is 2.51. The van der Waals surface area contributed by atoms with E-state index in [0.717, 1.165) is 38.7 Å². The second-order valence-corrected chi connectivity index (χ2v) is 5.02. The highest BCUT2D eigenvalue weighted by Crippen LogP contribution is 2.23. The van der Waals surface area contributed by atoms with E-state index in [-0.39, 0.29) is 0 Å². The van der Waals surface area contributed by atoms with Gasteiger partial charge >= 0.3 is 0 Å². The zero-order chi connectivity index (χ0) is 10.7. The van der Waals surface area contributed by atoms with Gasteiger partial charge in [0.15, 0.2) is 0 Å². The third-order valence-electron chi connectivity index (χ3n) is 3.56. The maximum Gasteiger partial charge on any atom is 0.0813 e. The number of hydrogen-bond donors (Lipinski definition) is 1. The van der Waals surface area contributed by atoms with Crippen molar-refractivity contribution in [2.45, 2.75) is 69.8 Å². The zero-order valence-electron chi connectivity index (χ0n) is 9.65. The Labute approximate surface area is 92.3 Å². The molecule has 2 rings (SSSR count). The van der Waals surface area contributed by atoms with Crippen LogP contribution in [0.2, 0.25) is 0 Å². The maximum atomic E-state index is 5.88. The molecule has 88 valence electrons. The number of ether oxygens (including phenoxy) is 2. The summed E-state index contributed by atoms with van der Waals surface area (Å²) in [6.45, 7) is 2.92. The Morgan fingerprint density at radius 2 is 1.87 bits per heavy atom. The van der Waals surface area contributed by atoms with Gasteiger partial charge in [-0.2, -0.15) is 0 Å². The minimum atomic E-state index is 0.343. The molecular weight excluding hydrogens is 190 g/mol. The highest BCUT2D eigenvalue weighted by molar-refractivity contribution is 4.76. The summed E-state index contributed by atoms with van der Waals surface area (Å²) >= 11 is 0. The summed E-state index contributed by atoms with van der Waals surface area (Å²) in [5.74, 6) is 0. The fourth-order valence-corrected chi connectivity index (χ4v) is 2.51. The van der Waals surface area contributed by atoms with Gasteiger partial charge in [0.05, 0.1) is 24.9 Å². The molecule has 3 heteroatoms. The Hall–Kier alpha value is -0.120. The molecule has 1 saturated heterocycles. The van der Waals surface area contributed by atoms with Gasteiger partial charge in [-0.25, -0.2) is 0 Å². The lowest BCUT2D eigenvalue weighted by Gasteiger charge is -2.27. The summed E-state index contributed by atoms with van der Waals surface area (Å²) in [7, 11) is 0. The third-order valence-corrected chi connectivity index (χ3v) is 3.56. The molecule has 15 heavy (non-hydrogen) atoms. The van der Waals surface area contributed by atoms with Crippen molar-refractivity contribution in [3.05, 3.63) is 0 Å². The molecule has 0 aromatic heterocycles. The molecule has 1 aliphatic carbocycles. The Bertz CT molecular complexity index is 190. The minimum absolute atomic E-state index is 0.343. The first-order valence-corrected chi connectivity index (χ1v) is 6.26. The van der Waals surface area contributed by atoms with Gasteiger partial charge in [0.1, 0.15) is 0 Å². The lowest BCUT2D eigenvalue weighted by Crippen LogP contribution is -2.31. The van der Waals surface area contributed by atoms with Crippen LogP contribution in [0.4, 0.5) is 0 Å². The number of rotatable bonds is 3. The molecule has 0 radical (unpaired) electrons. The highest BCUT2D eigenvalue weighted by Gasteiger charge is 2.24. The van der Waals surface area contributed by atoms with E-state index in [4.69, 9.17) is 15.2 Å². The SMILES string of the molecule is CC1CCC(COC2CCC(N)CC2)O1. The first-order chi connectivity index (χ1) is 7.24. The van der Waals surface area contributed by atoms with Crippen molar-refractivity contribution in [2.75, 3.05) is 6.61 Å². The van der Waals surface area contributed by atoms with E-state index in [1.807, 2.05) is 0 Å². The van der Waals surface area contributed by atoms with Gasteiger partial charge in [0, 0.05) is 6.04 Å². The molecule has 0 aromatic rings. The van der Waals surface area contributed by atoms with Crippen molar-refractivity contribution in [3.8, 4) is 0 Å². The summed E-state index contributed by atoms with van der Waals surface area (Å²) < 4.78 is 11.6. The van der Waals surface area contributed by atoms with E-state index in [9.17, 15) is 0 Å². The Morgan fingerprint density at radius 1 is 1.13 bits per heavy atom. The lowest BCUT2D eigenvalue weighted by atomic mass is 9.94. The van der Waals surface area contributed by atoms with E-state index < -0.39 is 0 Å². The molecule has 1 saturated carbocycles. The Kier molecular flexibility index (Phi) is 4.00. The zero-order valence-corrected chi connectivity index (χ0v) is 9.65. The predicted molar refractivity (Wildman–Crippen MR) is 59.8 cm³/mol. The van der Waals surface area contributed by atoms with Gasteiger partial charge in [0.2, 0.25) is 0 Å². The van der Waals surface area contributed by atoms with E-state index in [1.54, 1.807) is 0 Å². The molecule has 2 aliphatic rings. The Morgan fingerprint density at radius 3 is 2.47 bits per heavy atom. The summed E-state index contributed by atoms with van der Waals surface area (Å²) in [6.07, 6.45) is 8.04. The monoisotopic (exact) mass is 213 g/mol. The van der Waals surface area contributed by atoms with Crippen molar-refractivity contribution in [3.63, 3.8) is 0 Å². The van der Waals surface area contributed by atoms with E-state index in [0.29, 0.717) is 24.4 Å². The molecule has 0 bridgehead atoms. The van der Waals surface area contributed by atoms with Crippen LogP contribution in [0, 0.1) is 0 Å². The number of hydrogen-bond acceptors (Lipinski definition) is 3. The maximum absolute atomic E-state index is 5.88. The summed E-state index contributed by atoms with van der Waals surface area (Å²) in [4.78, 5) is 0. The van der Waals surface area contributed by atoms with Crippen molar-refractivity contribution >= 4 is 0 Å². The van der Waals surface area contributed by atoms with Crippen LogP contribution >= 0.6 is 0 Å². The number of nitrogens with two attached hydrogens (primary N) is 1. The minimum Gasteiger partial charge on any atom is -0.376 e. The largest absolute Gasteiger partial charge is 0.376 e. The van der Waals surface area contributed by atoms with Gasteiger partial charge < -0.3 is 15.2 Å². The van der Waals surface area contributed by atoms with Gasteiger partial charge in [-0.3, -0.25) is 0 Å². The standard InChI is InChI=1S/C12H23NO2/c1-9-2-5-12(15-9)8-14-11-6-3-10(13)4-7-11/h9-12H,2-8,13H2,1H3. The van der Waals surface area contributed by atoms with Crippen molar-refractivity contribution in [2.24, 2.45) is 5.73 Å². The summed E-state index contributed by atoms with van der Waals surface area (Å²) in [6, 6.07) is 0.410. The van der Waals surface area contributed by atoms with Crippen LogP contribution in [0.5, 0.6) is 0 Å². The summed E-state index contributed by atoms with van der Waals surface area (Å²) in [5, 5.41) is 0. The third kappa shape index (κ3) is 3.44. The molecule has 2 fully saturated rings. The second kappa shape index (κ2) is 5.28. The molecule has 2 unspecified atom stereocenters. The topological polar surface area (TPSA) is 44.5 Å². The van der Waals surface area contributed by atoms with E-state index in [2.05, 4.69) is 6.92 Å². The van der Waals surface area contributed by atoms with Crippen LogP contribution in [-0.4, -0.2) is 31.0 Å². The van der Waals surface area contributed by atoms with Crippen LogP contribution in [0.15, 0.2) is 0 Å². The molecule has 0 spiro atoms. The molecular formula is C12H23NO2. The molecule has 2 N–H and O–H groups in total. The molecule has 2 atom stereocenters. The Balaban J connectivity index is 1.61. The van der Waals surface area contributed by atoms with Gasteiger partial charge in [0.25, 0.3) is 0 Å². The van der Waals surface area contributed by atoms with Crippen LogP contribution in [0.3, 0.4) is 0 Å². The average molecular weight is 213 g/mol. The molecule has 1 aliphatic heterocycles. The van der Waals surface area contributed by atoms with Crippen molar-refractivity contribution in [1.29, 1.82) is 0 Å². The molecule has 0 amide bonds. The van der Waals surface area contributed by atoms with Crippen LogP contribution in [0.1, 0.15) is 45.4 Å². The molecule has 1 heterocycles. The lowest BCUT2D eigenvalue weighted by molar-refractivity contribution is -0.0481. The first kappa shape index (κ1) is 11.4. The van der Waals surface area contributed by atoms with Crippen LogP contribution < -0.4 is 5.73 Å². The van der Waals surface area contributed by atoms with Gasteiger partial charge in [-0.1, -0.05) is 0 Å². The van der Waals surface area contributed by atoms with E-state index in [1.165, 1.54) is 6.42 Å². The normalized spacial score (nSPS) is 42.0. The van der Waals surface area contributed by atoms with Crippen molar-refractivity contribution in [1.82, 2.24) is 0 Å². The average Bonchev–Trinajstić information content (AvgIpc) is 2.64. The quantitative estimate of drug-likeness (QED) is 0.778. The molecule has 3 nitrogen and oxygen atoms in total. The highest BCUT2D eigenvalue weighted by atomic mass is 16.5. The second-order valence-electron chi connectivity index (χ2n) is 5.02. The summed E-state index contributed by atoms with van der Waals surface area (Å²) in [5.41, 5.74) is 5.85. The van der Waals surface area contributed by atoms with E-state index >= 15 is 0 Å². The van der Waals surface area contributed by atoms with Crippen LogP contribution in [-0.2, 0) is 9.47 Å². The fraction of sp³-hybridized carbons (Fsp3) is 1.00. The van der Waals surface area contributed by atoms with Gasteiger partial charge in [-0.05, 0) is 45.4 Å². The van der Waals surface area contributed by atoms with Crippen LogP contribution in [0.25, 0.3) is 0 Å².